The van der Waals surface area contributed by atoms with Crippen molar-refractivity contribution in [1.82, 2.24) is 5.32 Å². The number of hydrogen-bond donors (Lipinski definition) is 2. The van der Waals surface area contributed by atoms with Crippen molar-refractivity contribution in [2.45, 2.75) is 43.5 Å². The normalized spacial score (nSPS) is 21.1. The fourth-order valence-electron chi connectivity index (χ4n) is 2.90. The maximum atomic E-state index is 12.4. The number of carbonyl (C=O) groups is 2. The maximum Gasteiger partial charge on any atom is 0.306 e. The van der Waals surface area contributed by atoms with Crippen LogP contribution in [0.1, 0.15) is 43.0 Å². The Morgan fingerprint density at radius 3 is 2.57 bits per heavy atom. The van der Waals surface area contributed by atoms with E-state index in [1.165, 1.54) is 12.1 Å². The van der Waals surface area contributed by atoms with Gasteiger partial charge in [-0.05, 0) is 37.8 Å². The zero-order valence-electron chi connectivity index (χ0n) is 13.0. The Morgan fingerprint density at radius 1 is 1.26 bits per heavy atom. The predicted molar refractivity (Wildman–Crippen MR) is 85.0 cm³/mol. The summed E-state index contributed by atoms with van der Waals surface area (Å²) in [5.41, 5.74) is 0.125. The van der Waals surface area contributed by atoms with Crippen LogP contribution < -0.4 is 5.32 Å². The Labute approximate surface area is 135 Å². The lowest BCUT2D eigenvalue weighted by atomic mass is 10.1. The van der Waals surface area contributed by atoms with Gasteiger partial charge in [-0.2, -0.15) is 0 Å². The Kier molecular flexibility index (Phi) is 5.41. The van der Waals surface area contributed by atoms with Crippen LogP contribution in [0.3, 0.4) is 0 Å². The molecule has 1 fully saturated rings. The van der Waals surface area contributed by atoms with Crippen molar-refractivity contribution in [3.05, 3.63) is 29.8 Å². The lowest BCUT2D eigenvalue weighted by Gasteiger charge is -2.15. The molecule has 2 atom stereocenters. The summed E-state index contributed by atoms with van der Waals surface area (Å²) in [5.74, 6) is -1.77. The zero-order valence-corrected chi connectivity index (χ0v) is 13.8. The first-order valence-electron chi connectivity index (χ1n) is 7.70. The SMILES string of the molecule is CCCS(=O)(=O)c1ccccc1C(=O)N[C@H]1CC[C@@H](C(=O)O)C1. The van der Waals surface area contributed by atoms with Crippen LogP contribution in [0.15, 0.2) is 29.2 Å². The van der Waals surface area contributed by atoms with Crippen molar-refractivity contribution in [2.24, 2.45) is 5.92 Å². The van der Waals surface area contributed by atoms with Crippen LogP contribution >= 0.6 is 0 Å². The molecule has 0 unspecified atom stereocenters. The van der Waals surface area contributed by atoms with E-state index in [1.54, 1.807) is 19.1 Å². The van der Waals surface area contributed by atoms with Crippen LogP contribution in [0.5, 0.6) is 0 Å². The number of carbonyl (C=O) groups excluding carboxylic acids is 1. The smallest absolute Gasteiger partial charge is 0.306 e. The number of rotatable bonds is 6. The summed E-state index contributed by atoms with van der Waals surface area (Å²) in [7, 11) is -3.50. The third-order valence-electron chi connectivity index (χ3n) is 4.06. The topological polar surface area (TPSA) is 101 Å². The Bertz CT molecular complexity index is 698. The Hall–Kier alpha value is -1.89. The number of amides is 1. The van der Waals surface area contributed by atoms with Crippen LogP contribution in [0.25, 0.3) is 0 Å². The van der Waals surface area contributed by atoms with Crippen LogP contribution in [-0.4, -0.2) is 37.2 Å². The molecule has 126 valence electrons. The lowest BCUT2D eigenvalue weighted by Crippen LogP contribution is -2.34. The number of sulfone groups is 1. The first-order valence-corrected chi connectivity index (χ1v) is 9.36. The average molecular weight is 339 g/mol. The summed E-state index contributed by atoms with van der Waals surface area (Å²) in [6.07, 6.45) is 1.97. The minimum atomic E-state index is -3.50. The maximum absolute atomic E-state index is 12.4. The quantitative estimate of drug-likeness (QED) is 0.824. The Balaban J connectivity index is 2.16. The van der Waals surface area contributed by atoms with Crippen LogP contribution in [0.4, 0.5) is 0 Å². The van der Waals surface area contributed by atoms with Crippen molar-refractivity contribution in [3.63, 3.8) is 0 Å². The molecule has 1 saturated carbocycles. The van der Waals surface area contributed by atoms with E-state index >= 15 is 0 Å². The first kappa shape index (κ1) is 17.5. The van der Waals surface area contributed by atoms with Crippen molar-refractivity contribution >= 4 is 21.7 Å². The van der Waals surface area contributed by atoms with Crippen LogP contribution in [0.2, 0.25) is 0 Å². The molecular formula is C16H21NO5S. The highest BCUT2D eigenvalue weighted by atomic mass is 32.2. The first-order chi connectivity index (χ1) is 10.8. The summed E-state index contributed by atoms with van der Waals surface area (Å²) in [4.78, 5) is 23.4. The van der Waals surface area contributed by atoms with Gasteiger partial charge in [0.25, 0.3) is 5.91 Å². The molecule has 2 rings (SSSR count). The third kappa shape index (κ3) is 4.10. The van der Waals surface area contributed by atoms with Crippen molar-refractivity contribution in [2.75, 3.05) is 5.75 Å². The molecule has 0 saturated heterocycles. The molecule has 2 N–H and O–H groups in total. The number of aliphatic carboxylic acids is 1. The van der Waals surface area contributed by atoms with E-state index in [4.69, 9.17) is 5.11 Å². The van der Waals surface area contributed by atoms with E-state index < -0.39 is 27.6 Å². The summed E-state index contributed by atoms with van der Waals surface area (Å²) in [5, 5.41) is 11.8. The molecule has 0 spiro atoms. The molecule has 0 aromatic heterocycles. The lowest BCUT2D eigenvalue weighted by molar-refractivity contribution is -0.141. The van der Waals surface area contributed by atoms with Crippen LogP contribution in [0, 0.1) is 5.92 Å². The third-order valence-corrected chi connectivity index (χ3v) is 6.03. The fraction of sp³-hybridized carbons (Fsp3) is 0.500. The molecule has 1 aliphatic carbocycles. The monoisotopic (exact) mass is 339 g/mol. The minimum absolute atomic E-state index is 0.0121. The molecule has 0 heterocycles. The van der Waals surface area contributed by atoms with Gasteiger partial charge in [0.15, 0.2) is 9.84 Å². The van der Waals surface area contributed by atoms with E-state index in [1.807, 2.05) is 0 Å². The number of hydrogen-bond acceptors (Lipinski definition) is 4. The second-order valence-electron chi connectivity index (χ2n) is 5.83. The second kappa shape index (κ2) is 7.12. The van der Waals surface area contributed by atoms with Gasteiger partial charge in [0.1, 0.15) is 0 Å². The summed E-state index contributed by atoms with van der Waals surface area (Å²) in [6.45, 7) is 1.77. The van der Waals surface area contributed by atoms with Crippen molar-refractivity contribution in [3.8, 4) is 0 Å². The predicted octanol–water partition coefficient (Wildman–Crippen LogP) is 1.85. The molecular weight excluding hydrogens is 318 g/mol. The van der Waals surface area contributed by atoms with Gasteiger partial charge in [0.2, 0.25) is 0 Å². The molecule has 7 heteroatoms. The van der Waals surface area contributed by atoms with E-state index in [-0.39, 0.29) is 22.3 Å². The van der Waals surface area contributed by atoms with E-state index in [9.17, 15) is 18.0 Å². The molecule has 0 aliphatic heterocycles. The molecule has 1 aromatic carbocycles. The van der Waals surface area contributed by atoms with Crippen molar-refractivity contribution in [1.29, 1.82) is 0 Å². The summed E-state index contributed by atoms with van der Waals surface area (Å²) in [6, 6.07) is 5.91. The van der Waals surface area contributed by atoms with E-state index in [2.05, 4.69) is 5.32 Å². The molecule has 1 aromatic rings. The Morgan fingerprint density at radius 2 is 1.96 bits per heavy atom. The molecule has 23 heavy (non-hydrogen) atoms. The highest BCUT2D eigenvalue weighted by molar-refractivity contribution is 7.91. The number of carboxylic acids is 1. The number of benzene rings is 1. The van der Waals surface area contributed by atoms with Crippen LogP contribution in [-0.2, 0) is 14.6 Å². The molecule has 0 bridgehead atoms. The van der Waals surface area contributed by atoms with Gasteiger partial charge in [-0.1, -0.05) is 19.1 Å². The molecule has 0 radical (unpaired) electrons. The van der Waals surface area contributed by atoms with E-state index in [0.717, 1.165) is 0 Å². The summed E-state index contributed by atoms with van der Waals surface area (Å²) < 4.78 is 24.6. The summed E-state index contributed by atoms with van der Waals surface area (Å²) >= 11 is 0. The van der Waals surface area contributed by atoms with Gasteiger partial charge in [0, 0.05) is 6.04 Å². The van der Waals surface area contributed by atoms with Gasteiger partial charge in [-0.25, -0.2) is 8.42 Å². The van der Waals surface area contributed by atoms with Gasteiger partial charge < -0.3 is 10.4 Å². The number of nitrogens with one attached hydrogen (secondary N) is 1. The average Bonchev–Trinajstić information content (AvgIpc) is 2.96. The van der Waals surface area contributed by atoms with Gasteiger partial charge in [0.05, 0.1) is 22.1 Å². The van der Waals surface area contributed by atoms with Crippen molar-refractivity contribution < 1.29 is 23.1 Å². The largest absolute Gasteiger partial charge is 0.481 e. The minimum Gasteiger partial charge on any atom is -0.481 e. The highest BCUT2D eigenvalue weighted by Gasteiger charge is 2.31. The van der Waals surface area contributed by atoms with Gasteiger partial charge in [-0.15, -0.1) is 0 Å². The van der Waals surface area contributed by atoms with Gasteiger partial charge in [-0.3, -0.25) is 9.59 Å². The number of carboxylic acid groups (broad SMARTS) is 1. The second-order valence-corrected chi connectivity index (χ2v) is 7.91. The van der Waals surface area contributed by atoms with Gasteiger partial charge >= 0.3 is 5.97 Å². The zero-order chi connectivity index (χ0) is 17.0. The standard InChI is InChI=1S/C16H21NO5S/c1-2-9-23(21,22)14-6-4-3-5-13(14)15(18)17-12-8-7-11(10-12)16(19)20/h3-6,11-12H,2,7-10H2,1H3,(H,17,18)(H,19,20)/t11-,12+/m1/s1. The molecule has 1 aliphatic rings. The molecule has 6 nitrogen and oxygen atoms in total. The fourth-order valence-corrected chi connectivity index (χ4v) is 4.44. The molecule has 1 amide bonds. The highest BCUT2D eigenvalue weighted by Crippen LogP contribution is 2.26. The van der Waals surface area contributed by atoms with E-state index in [0.29, 0.717) is 25.7 Å².